The van der Waals surface area contributed by atoms with E-state index in [1.54, 1.807) is 6.07 Å². The molecule has 3 rings (SSSR count). The molecule has 2 heterocycles. The van der Waals surface area contributed by atoms with Crippen LogP contribution >= 0.6 is 0 Å². The highest BCUT2D eigenvalue weighted by molar-refractivity contribution is 5.98. The van der Waals surface area contributed by atoms with Crippen molar-refractivity contribution in [3.05, 3.63) is 29.8 Å². The number of amides is 1. The number of hydrogen-bond donors (Lipinski definition) is 1. The normalized spacial score (nSPS) is 20.7. The average molecular weight is 305 g/mol. The zero-order chi connectivity index (χ0) is 15.4. The fraction of sp³-hybridized carbons (Fsp3) is 0.562. The Morgan fingerprint density at radius 1 is 1.09 bits per heavy atom. The zero-order valence-electron chi connectivity index (χ0n) is 12.7. The molecule has 120 valence electrons. The Balaban J connectivity index is 1.95. The number of nitrogens with zero attached hydrogens (tertiary/aromatic N) is 2. The average Bonchev–Trinajstić information content (AvgIpc) is 2.57. The summed E-state index contributed by atoms with van der Waals surface area (Å²) in [5, 5.41) is 4.53. The molecule has 0 aromatic heterocycles. The predicted molar refractivity (Wildman–Crippen MR) is 83.7 cm³/mol. The Morgan fingerprint density at radius 3 is 2.41 bits per heavy atom. The van der Waals surface area contributed by atoms with E-state index < -0.39 is 0 Å². The second-order valence-electron chi connectivity index (χ2n) is 5.64. The Bertz CT molecular complexity index is 493. The van der Waals surface area contributed by atoms with Gasteiger partial charge >= 0.3 is 0 Å². The molecule has 2 aliphatic heterocycles. The van der Waals surface area contributed by atoms with Crippen LogP contribution in [0.3, 0.4) is 0 Å². The number of hydrogen-bond acceptors (Lipinski definition) is 5. The van der Waals surface area contributed by atoms with E-state index in [1.165, 1.54) is 0 Å². The number of anilines is 1. The summed E-state index contributed by atoms with van der Waals surface area (Å²) in [4.78, 5) is 11.8. The number of ether oxygens (including phenoxy) is 2. The molecule has 2 aliphatic rings. The number of benzene rings is 1. The van der Waals surface area contributed by atoms with E-state index in [-0.39, 0.29) is 5.91 Å². The van der Waals surface area contributed by atoms with Crippen LogP contribution in [0.25, 0.3) is 0 Å². The summed E-state index contributed by atoms with van der Waals surface area (Å²) in [5.74, 6) is -0.388. The van der Waals surface area contributed by atoms with E-state index in [1.807, 2.05) is 18.2 Å². The van der Waals surface area contributed by atoms with E-state index in [9.17, 15) is 4.79 Å². The van der Waals surface area contributed by atoms with Crippen LogP contribution in [-0.2, 0) is 9.47 Å². The first-order valence-electron chi connectivity index (χ1n) is 7.86. The van der Waals surface area contributed by atoms with Crippen molar-refractivity contribution in [2.45, 2.75) is 18.9 Å². The number of carbonyl (C=O) groups excluding carboxylic acids is 1. The smallest absolute Gasteiger partial charge is 0.250 e. The first-order valence-corrected chi connectivity index (χ1v) is 7.86. The fourth-order valence-electron chi connectivity index (χ4n) is 3.16. The minimum absolute atomic E-state index is 0.326. The van der Waals surface area contributed by atoms with Gasteiger partial charge < -0.3 is 20.2 Å². The lowest BCUT2D eigenvalue weighted by Crippen LogP contribution is -2.55. The highest BCUT2D eigenvalue weighted by Crippen LogP contribution is 2.28. The summed E-state index contributed by atoms with van der Waals surface area (Å²) in [6.07, 6.45) is 1.90. The monoisotopic (exact) mass is 305 g/mol. The minimum Gasteiger partial charge on any atom is -0.381 e. The van der Waals surface area contributed by atoms with Crippen molar-refractivity contribution in [2.75, 3.05) is 44.5 Å². The lowest BCUT2D eigenvalue weighted by atomic mass is 10.1. The van der Waals surface area contributed by atoms with Crippen molar-refractivity contribution < 1.29 is 14.3 Å². The standard InChI is InChI=1S/C16H23N3O3/c17-16(20)14-3-1-2-4-15(14)19(13-5-9-21-10-6-13)18-7-11-22-12-8-18/h1-4,13H,5-12H2,(H2,17,20). The fourth-order valence-corrected chi connectivity index (χ4v) is 3.16. The maximum Gasteiger partial charge on any atom is 0.250 e. The van der Waals surface area contributed by atoms with Gasteiger partial charge in [-0.2, -0.15) is 0 Å². The van der Waals surface area contributed by atoms with Crippen LogP contribution in [0.1, 0.15) is 23.2 Å². The number of primary amides is 1. The number of nitrogens with two attached hydrogens (primary N) is 1. The summed E-state index contributed by atoms with van der Waals surface area (Å²) in [5.41, 5.74) is 7.04. The molecule has 6 nitrogen and oxygen atoms in total. The molecule has 22 heavy (non-hydrogen) atoms. The molecule has 0 spiro atoms. The van der Waals surface area contributed by atoms with Gasteiger partial charge in [0.1, 0.15) is 0 Å². The van der Waals surface area contributed by atoms with Crippen LogP contribution < -0.4 is 10.7 Å². The Kier molecular flexibility index (Phi) is 4.92. The van der Waals surface area contributed by atoms with Gasteiger partial charge in [-0.05, 0) is 25.0 Å². The van der Waals surface area contributed by atoms with Gasteiger partial charge in [0.15, 0.2) is 0 Å². The van der Waals surface area contributed by atoms with Gasteiger partial charge in [0, 0.05) is 26.3 Å². The molecule has 2 saturated heterocycles. The molecule has 6 heteroatoms. The molecule has 2 fully saturated rings. The van der Waals surface area contributed by atoms with Gasteiger partial charge in [-0.3, -0.25) is 4.79 Å². The first kappa shape index (κ1) is 15.3. The molecule has 0 radical (unpaired) electrons. The van der Waals surface area contributed by atoms with Crippen molar-refractivity contribution in [1.82, 2.24) is 5.01 Å². The van der Waals surface area contributed by atoms with Crippen molar-refractivity contribution in [3.8, 4) is 0 Å². The molecule has 0 aliphatic carbocycles. The van der Waals surface area contributed by atoms with Gasteiger partial charge in [0.25, 0.3) is 5.91 Å². The third kappa shape index (κ3) is 3.24. The summed E-state index contributed by atoms with van der Waals surface area (Å²) < 4.78 is 11.0. The summed E-state index contributed by atoms with van der Waals surface area (Å²) in [6.45, 7) is 4.57. The maximum atomic E-state index is 11.8. The molecular formula is C16H23N3O3. The topological polar surface area (TPSA) is 68.0 Å². The van der Waals surface area contributed by atoms with Gasteiger partial charge in [-0.1, -0.05) is 12.1 Å². The van der Waals surface area contributed by atoms with Crippen molar-refractivity contribution in [3.63, 3.8) is 0 Å². The molecule has 0 bridgehead atoms. The number of para-hydroxylation sites is 1. The van der Waals surface area contributed by atoms with Crippen LogP contribution in [0, 0.1) is 0 Å². The van der Waals surface area contributed by atoms with Crippen LogP contribution in [0.15, 0.2) is 24.3 Å². The Labute approximate surface area is 130 Å². The van der Waals surface area contributed by atoms with E-state index in [0.29, 0.717) is 24.8 Å². The molecule has 2 N–H and O–H groups in total. The second kappa shape index (κ2) is 7.09. The summed E-state index contributed by atoms with van der Waals surface area (Å²) in [7, 11) is 0. The molecule has 0 atom stereocenters. The highest BCUT2D eigenvalue weighted by Gasteiger charge is 2.30. The second-order valence-corrected chi connectivity index (χ2v) is 5.64. The molecule has 0 saturated carbocycles. The predicted octanol–water partition coefficient (Wildman–Crippen LogP) is 1.02. The number of hydrazine groups is 1. The third-order valence-corrected chi connectivity index (χ3v) is 4.25. The van der Waals surface area contributed by atoms with E-state index in [0.717, 1.165) is 44.8 Å². The van der Waals surface area contributed by atoms with E-state index in [4.69, 9.17) is 15.2 Å². The highest BCUT2D eigenvalue weighted by atomic mass is 16.5. The lowest BCUT2D eigenvalue weighted by Gasteiger charge is -2.45. The summed E-state index contributed by atoms with van der Waals surface area (Å²) >= 11 is 0. The van der Waals surface area contributed by atoms with Crippen molar-refractivity contribution in [1.29, 1.82) is 0 Å². The minimum atomic E-state index is -0.388. The number of carbonyl (C=O) groups is 1. The zero-order valence-corrected chi connectivity index (χ0v) is 12.7. The maximum absolute atomic E-state index is 11.8. The van der Waals surface area contributed by atoms with Crippen LogP contribution in [0.4, 0.5) is 5.69 Å². The van der Waals surface area contributed by atoms with Crippen LogP contribution in [-0.4, -0.2) is 56.5 Å². The largest absolute Gasteiger partial charge is 0.381 e. The molecule has 0 unspecified atom stereocenters. The van der Waals surface area contributed by atoms with Crippen molar-refractivity contribution in [2.24, 2.45) is 5.73 Å². The molecular weight excluding hydrogens is 282 g/mol. The van der Waals surface area contributed by atoms with Gasteiger partial charge in [-0.25, -0.2) is 5.01 Å². The SMILES string of the molecule is NC(=O)c1ccccc1N(C1CCOCC1)N1CCOCC1. The van der Waals surface area contributed by atoms with Gasteiger partial charge in [0.05, 0.1) is 30.5 Å². The van der Waals surface area contributed by atoms with Gasteiger partial charge in [-0.15, -0.1) is 0 Å². The number of morpholine rings is 1. The van der Waals surface area contributed by atoms with Crippen molar-refractivity contribution >= 4 is 11.6 Å². The molecule has 1 aromatic rings. The van der Waals surface area contributed by atoms with Crippen LogP contribution in [0.2, 0.25) is 0 Å². The van der Waals surface area contributed by atoms with E-state index in [2.05, 4.69) is 10.0 Å². The Hall–Kier alpha value is -1.63. The first-order chi connectivity index (χ1) is 10.8. The lowest BCUT2D eigenvalue weighted by molar-refractivity contribution is 0.0126. The van der Waals surface area contributed by atoms with E-state index >= 15 is 0 Å². The van der Waals surface area contributed by atoms with Gasteiger partial charge in [0.2, 0.25) is 0 Å². The van der Waals surface area contributed by atoms with Crippen LogP contribution in [0.5, 0.6) is 0 Å². The quantitative estimate of drug-likeness (QED) is 0.899. The Morgan fingerprint density at radius 2 is 1.73 bits per heavy atom. The third-order valence-electron chi connectivity index (χ3n) is 4.25. The molecule has 1 amide bonds. The summed E-state index contributed by atoms with van der Waals surface area (Å²) in [6, 6.07) is 7.90. The number of rotatable bonds is 4. The molecule has 1 aromatic carbocycles.